The van der Waals surface area contributed by atoms with Crippen LogP contribution < -0.4 is 9.64 Å². The molecule has 1 aliphatic rings. The van der Waals surface area contributed by atoms with Gasteiger partial charge >= 0.3 is 0 Å². The molecule has 2 aromatic rings. The molecule has 1 aliphatic heterocycles. The lowest BCUT2D eigenvalue weighted by Gasteiger charge is -2.36. The van der Waals surface area contributed by atoms with Gasteiger partial charge in [0.05, 0.1) is 5.02 Å². The second kappa shape index (κ2) is 7.77. The summed E-state index contributed by atoms with van der Waals surface area (Å²) in [5.74, 6) is 0.436. The van der Waals surface area contributed by atoms with Crippen molar-refractivity contribution in [1.29, 1.82) is 0 Å². The number of hydrogen-bond acceptors (Lipinski definition) is 3. The van der Waals surface area contributed by atoms with E-state index in [0.717, 1.165) is 13.1 Å². The Bertz CT molecular complexity index is 701. The van der Waals surface area contributed by atoms with Crippen molar-refractivity contribution >= 4 is 34.8 Å². The molecule has 126 valence electrons. The Hall–Kier alpha value is -1.91. The molecule has 0 unspecified atom stereocenters. The summed E-state index contributed by atoms with van der Waals surface area (Å²) in [7, 11) is 0. The molecule has 3 rings (SSSR count). The van der Waals surface area contributed by atoms with E-state index in [1.165, 1.54) is 5.69 Å². The quantitative estimate of drug-likeness (QED) is 0.828. The van der Waals surface area contributed by atoms with E-state index in [4.69, 9.17) is 27.9 Å². The maximum absolute atomic E-state index is 12.3. The molecule has 1 fully saturated rings. The molecule has 1 saturated heterocycles. The standard InChI is InChI=1S/C18H18Cl2N2O2/c19-14-6-7-17(16(20)12-14)24-13-18(23)22-10-8-21(9-11-22)15-4-2-1-3-5-15/h1-7,12H,8-11,13H2. The maximum atomic E-state index is 12.3. The highest BCUT2D eigenvalue weighted by Gasteiger charge is 2.21. The third-order valence-corrected chi connectivity index (χ3v) is 4.53. The number of amides is 1. The third kappa shape index (κ3) is 4.13. The first-order valence-electron chi connectivity index (χ1n) is 7.79. The first-order chi connectivity index (χ1) is 11.6. The lowest BCUT2D eigenvalue weighted by molar-refractivity contribution is -0.133. The van der Waals surface area contributed by atoms with Gasteiger partial charge in [0.1, 0.15) is 5.75 Å². The SMILES string of the molecule is O=C(COc1ccc(Cl)cc1Cl)N1CCN(c2ccccc2)CC1. The van der Waals surface area contributed by atoms with Crippen molar-refractivity contribution in [3.8, 4) is 5.75 Å². The van der Waals surface area contributed by atoms with Gasteiger partial charge in [0, 0.05) is 36.9 Å². The van der Waals surface area contributed by atoms with Gasteiger partial charge in [0.15, 0.2) is 6.61 Å². The van der Waals surface area contributed by atoms with Crippen LogP contribution in [0.4, 0.5) is 5.69 Å². The van der Waals surface area contributed by atoms with E-state index in [0.29, 0.717) is 28.9 Å². The Labute approximate surface area is 151 Å². The van der Waals surface area contributed by atoms with Crippen molar-refractivity contribution in [3.63, 3.8) is 0 Å². The summed E-state index contributed by atoms with van der Waals surface area (Å²) >= 11 is 11.9. The molecule has 0 aliphatic carbocycles. The largest absolute Gasteiger partial charge is 0.482 e. The van der Waals surface area contributed by atoms with E-state index in [9.17, 15) is 4.79 Å². The van der Waals surface area contributed by atoms with Gasteiger partial charge in [-0.3, -0.25) is 4.79 Å². The normalized spacial score (nSPS) is 14.6. The second-order valence-corrected chi connectivity index (χ2v) is 6.41. The van der Waals surface area contributed by atoms with Gasteiger partial charge < -0.3 is 14.5 Å². The number of ether oxygens (including phenoxy) is 1. The van der Waals surface area contributed by atoms with Crippen LogP contribution in [-0.2, 0) is 4.79 Å². The van der Waals surface area contributed by atoms with Crippen molar-refractivity contribution < 1.29 is 9.53 Å². The number of hydrogen-bond donors (Lipinski definition) is 0. The molecule has 1 heterocycles. The average molecular weight is 365 g/mol. The molecule has 0 N–H and O–H groups in total. The summed E-state index contributed by atoms with van der Waals surface area (Å²) in [6, 6.07) is 15.2. The summed E-state index contributed by atoms with van der Waals surface area (Å²) in [6.45, 7) is 2.98. The molecule has 0 saturated carbocycles. The summed E-state index contributed by atoms with van der Waals surface area (Å²) in [4.78, 5) is 16.4. The van der Waals surface area contributed by atoms with Crippen LogP contribution in [0.5, 0.6) is 5.75 Å². The average Bonchev–Trinajstić information content (AvgIpc) is 2.62. The number of nitrogens with zero attached hydrogens (tertiary/aromatic N) is 2. The number of rotatable bonds is 4. The van der Waals surface area contributed by atoms with Crippen LogP contribution in [-0.4, -0.2) is 43.6 Å². The minimum atomic E-state index is -0.0336. The molecule has 0 spiro atoms. The van der Waals surface area contributed by atoms with Gasteiger partial charge in [-0.2, -0.15) is 0 Å². The van der Waals surface area contributed by atoms with Gasteiger partial charge in [0.25, 0.3) is 5.91 Å². The highest BCUT2D eigenvalue weighted by atomic mass is 35.5. The highest BCUT2D eigenvalue weighted by Crippen LogP contribution is 2.27. The number of para-hydroxylation sites is 1. The fourth-order valence-electron chi connectivity index (χ4n) is 2.68. The van der Waals surface area contributed by atoms with Crippen LogP contribution in [0.2, 0.25) is 10.0 Å². The van der Waals surface area contributed by atoms with Gasteiger partial charge in [-0.15, -0.1) is 0 Å². The zero-order chi connectivity index (χ0) is 16.9. The molecule has 6 heteroatoms. The zero-order valence-corrected chi connectivity index (χ0v) is 14.6. The van der Waals surface area contributed by atoms with Gasteiger partial charge in [-0.25, -0.2) is 0 Å². The first kappa shape index (κ1) is 16.9. The molecule has 2 aromatic carbocycles. The van der Waals surface area contributed by atoms with E-state index in [-0.39, 0.29) is 12.5 Å². The molecule has 24 heavy (non-hydrogen) atoms. The fraction of sp³-hybridized carbons (Fsp3) is 0.278. The van der Waals surface area contributed by atoms with E-state index in [1.54, 1.807) is 18.2 Å². The zero-order valence-electron chi connectivity index (χ0n) is 13.1. The van der Waals surface area contributed by atoms with Crippen LogP contribution in [0.15, 0.2) is 48.5 Å². The van der Waals surface area contributed by atoms with Gasteiger partial charge in [-0.1, -0.05) is 41.4 Å². The molecule has 4 nitrogen and oxygen atoms in total. The van der Waals surface area contributed by atoms with E-state index < -0.39 is 0 Å². The molecule has 1 amide bonds. The van der Waals surface area contributed by atoms with Gasteiger partial charge in [0.2, 0.25) is 0 Å². The van der Waals surface area contributed by atoms with Crippen LogP contribution in [0.3, 0.4) is 0 Å². The first-order valence-corrected chi connectivity index (χ1v) is 8.55. The fourth-order valence-corrected chi connectivity index (χ4v) is 3.14. The Morgan fingerprint density at radius 1 is 1.00 bits per heavy atom. The molecular formula is C18H18Cl2N2O2. The summed E-state index contributed by atoms with van der Waals surface area (Å²) in [6.07, 6.45) is 0. The molecule has 0 aromatic heterocycles. The van der Waals surface area contributed by atoms with Crippen molar-refractivity contribution in [2.45, 2.75) is 0 Å². The Kier molecular flexibility index (Phi) is 5.48. The van der Waals surface area contributed by atoms with E-state index in [2.05, 4.69) is 17.0 Å². The Morgan fingerprint density at radius 3 is 2.38 bits per heavy atom. The predicted octanol–water partition coefficient (Wildman–Crippen LogP) is 3.72. The number of halogens is 2. The molecular weight excluding hydrogens is 347 g/mol. The second-order valence-electron chi connectivity index (χ2n) is 5.57. The minimum absolute atomic E-state index is 0.0211. The summed E-state index contributed by atoms with van der Waals surface area (Å²) < 4.78 is 5.52. The number of benzene rings is 2. The van der Waals surface area contributed by atoms with Crippen LogP contribution >= 0.6 is 23.2 Å². The van der Waals surface area contributed by atoms with Crippen molar-refractivity contribution in [2.24, 2.45) is 0 Å². The highest BCUT2D eigenvalue weighted by molar-refractivity contribution is 6.35. The topological polar surface area (TPSA) is 32.8 Å². The van der Waals surface area contributed by atoms with Gasteiger partial charge in [-0.05, 0) is 30.3 Å². The predicted molar refractivity (Wildman–Crippen MR) is 97.2 cm³/mol. The number of carbonyl (C=O) groups is 1. The third-order valence-electron chi connectivity index (χ3n) is 4.00. The summed E-state index contributed by atoms with van der Waals surface area (Å²) in [5.41, 5.74) is 1.19. The molecule has 0 bridgehead atoms. The monoisotopic (exact) mass is 364 g/mol. The molecule has 0 radical (unpaired) electrons. The number of piperazine rings is 1. The van der Waals surface area contributed by atoms with E-state index in [1.807, 2.05) is 23.1 Å². The lowest BCUT2D eigenvalue weighted by Crippen LogP contribution is -2.50. The smallest absolute Gasteiger partial charge is 0.260 e. The minimum Gasteiger partial charge on any atom is -0.482 e. The van der Waals surface area contributed by atoms with E-state index >= 15 is 0 Å². The Morgan fingerprint density at radius 2 is 1.71 bits per heavy atom. The number of carbonyl (C=O) groups excluding carboxylic acids is 1. The lowest BCUT2D eigenvalue weighted by atomic mass is 10.2. The van der Waals surface area contributed by atoms with Crippen molar-refractivity contribution in [2.75, 3.05) is 37.7 Å². The number of anilines is 1. The van der Waals surface area contributed by atoms with Crippen molar-refractivity contribution in [1.82, 2.24) is 4.90 Å². The molecule has 0 atom stereocenters. The van der Waals surface area contributed by atoms with Crippen LogP contribution in [0.1, 0.15) is 0 Å². The van der Waals surface area contributed by atoms with Crippen molar-refractivity contribution in [3.05, 3.63) is 58.6 Å². The Balaban J connectivity index is 1.50. The van der Waals surface area contributed by atoms with Crippen LogP contribution in [0.25, 0.3) is 0 Å². The van der Waals surface area contributed by atoms with Crippen LogP contribution in [0, 0.1) is 0 Å². The maximum Gasteiger partial charge on any atom is 0.260 e. The summed E-state index contributed by atoms with van der Waals surface area (Å²) in [5, 5.41) is 0.944.